The fourth-order valence-electron chi connectivity index (χ4n) is 4.04. The van der Waals surface area contributed by atoms with Gasteiger partial charge < -0.3 is 10.2 Å². The van der Waals surface area contributed by atoms with Gasteiger partial charge in [0.05, 0.1) is 36.1 Å². The van der Waals surface area contributed by atoms with Crippen LogP contribution in [0.15, 0.2) is 31.0 Å². The quantitative estimate of drug-likeness (QED) is 0.521. The summed E-state index contributed by atoms with van der Waals surface area (Å²) in [6, 6.07) is -0.799. The molecule has 1 unspecified atom stereocenters. The number of anilines is 1. The number of amides is 1. The first-order valence-electron chi connectivity index (χ1n) is 10.7. The third kappa shape index (κ3) is 5.39. The number of rotatable bonds is 5. The standard InChI is InChI=1S/C21H20F6N8O/c1-11-3-20(23,24)10-35(15(11)8-32-19-30-4-12(5-31-19)21(25,26)27)18(36)16-14(9-34(2)33-16)17-28-6-13(22)7-29-17/h4-7,9,11,15H,3,8,10H2,1-2H3,(H,30,31,32)/t11?,15-/m1/s1. The number of piperidine rings is 1. The molecule has 192 valence electrons. The lowest BCUT2D eigenvalue weighted by Crippen LogP contribution is -2.57. The average molecular weight is 514 g/mol. The lowest BCUT2D eigenvalue weighted by atomic mass is 9.88. The van der Waals surface area contributed by atoms with E-state index >= 15 is 0 Å². The molecule has 3 aromatic heterocycles. The summed E-state index contributed by atoms with van der Waals surface area (Å²) in [5, 5.41) is 6.82. The van der Waals surface area contributed by atoms with Crippen molar-refractivity contribution in [3.05, 3.63) is 48.1 Å². The third-order valence-electron chi connectivity index (χ3n) is 5.68. The van der Waals surface area contributed by atoms with Gasteiger partial charge in [-0.2, -0.15) is 18.3 Å². The van der Waals surface area contributed by atoms with Crippen molar-refractivity contribution in [1.29, 1.82) is 0 Å². The van der Waals surface area contributed by atoms with Crippen LogP contribution in [0.4, 0.5) is 32.3 Å². The van der Waals surface area contributed by atoms with Gasteiger partial charge in [-0.05, 0) is 5.92 Å². The Morgan fingerprint density at radius 3 is 2.39 bits per heavy atom. The molecule has 0 saturated carbocycles. The number of nitrogens with zero attached hydrogens (tertiary/aromatic N) is 7. The summed E-state index contributed by atoms with van der Waals surface area (Å²) in [7, 11) is 1.51. The van der Waals surface area contributed by atoms with Gasteiger partial charge in [0.15, 0.2) is 17.3 Å². The van der Waals surface area contributed by atoms with Crippen LogP contribution in [0.3, 0.4) is 0 Å². The first-order chi connectivity index (χ1) is 16.8. The van der Waals surface area contributed by atoms with E-state index in [2.05, 4.69) is 30.4 Å². The molecular weight excluding hydrogens is 494 g/mol. The molecule has 9 nitrogen and oxygen atoms in total. The Hall–Kier alpha value is -3.78. The van der Waals surface area contributed by atoms with Crippen molar-refractivity contribution in [1.82, 2.24) is 34.6 Å². The predicted molar refractivity (Wildman–Crippen MR) is 113 cm³/mol. The maximum atomic E-state index is 14.5. The van der Waals surface area contributed by atoms with Crippen molar-refractivity contribution < 1.29 is 31.1 Å². The number of hydrogen-bond acceptors (Lipinski definition) is 7. The molecule has 1 aliphatic rings. The van der Waals surface area contributed by atoms with Crippen LogP contribution in [0, 0.1) is 11.7 Å². The second-order valence-corrected chi connectivity index (χ2v) is 8.50. The van der Waals surface area contributed by atoms with Crippen LogP contribution in [0.5, 0.6) is 0 Å². The van der Waals surface area contributed by atoms with Crippen molar-refractivity contribution in [2.24, 2.45) is 13.0 Å². The van der Waals surface area contributed by atoms with Crippen LogP contribution in [-0.4, -0.2) is 65.6 Å². The summed E-state index contributed by atoms with van der Waals surface area (Å²) in [6.45, 7) is 0.524. The first kappa shape index (κ1) is 25.3. The Morgan fingerprint density at radius 1 is 1.14 bits per heavy atom. The number of hydrogen-bond donors (Lipinski definition) is 1. The smallest absolute Gasteiger partial charge is 0.352 e. The van der Waals surface area contributed by atoms with E-state index in [-0.39, 0.29) is 29.6 Å². The zero-order valence-corrected chi connectivity index (χ0v) is 19.0. The largest absolute Gasteiger partial charge is 0.419 e. The summed E-state index contributed by atoms with van der Waals surface area (Å²) in [5.41, 5.74) is -1.12. The minimum absolute atomic E-state index is 0.0162. The van der Waals surface area contributed by atoms with E-state index in [1.807, 2.05) is 0 Å². The van der Waals surface area contributed by atoms with E-state index in [1.54, 1.807) is 0 Å². The molecule has 1 amide bonds. The highest BCUT2D eigenvalue weighted by Crippen LogP contribution is 2.36. The first-order valence-corrected chi connectivity index (χ1v) is 10.7. The minimum Gasteiger partial charge on any atom is -0.352 e. The second kappa shape index (κ2) is 9.35. The van der Waals surface area contributed by atoms with Gasteiger partial charge in [-0.3, -0.25) is 9.48 Å². The van der Waals surface area contributed by atoms with E-state index in [0.29, 0.717) is 12.4 Å². The topological polar surface area (TPSA) is 102 Å². The third-order valence-corrected chi connectivity index (χ3v) is 5.68. The lowest BCUT2D eigenvalue weighted by molar-refractivity contribution is -0.138. The number of likely N-dealkylation sites (tertiary alicyclic amines) is 1. The molecule has 1 aliphatic heterocycles. The molecule has 1 N–H and O–H groups in total. The minimum atomic E-state index is -4.61. The molecule has 0 aromatic carbocycles. The van der Waals surface area contributed by atoms with Crippen molar-refractivity contribution in [3.63, 3.8) is 0 Å². The Kier molecular flexibility index (Phi) is 6.58. The zero-order valence-electron chi connectivity index (χ0n) is 19.0. The number of aryl methyl sites for hydroxylation is 1. The number of carbonyl (C=O) groups is 1. The Bertz CT molecular complexity index is 1230. The molecule has 4 rings (SSSR count). The van der Waals surface area contributed by atoms with Gasteiger partial charge in [0.1, 0.15) is 0 Å². The molecule has 0 radical (unpaired) electrons. The number of nitrogens with one attached hydrogen (secondary N) is 1. The monoisotopic (exact) mass is 514 g/mol. The SMILES string of the molecule is CC1CC(F)(F)CN(C(=O)c2nn(C)cc2-c2ncc(F)cn2)[C@@H]1CNc1ncc(C(F)(F)F)cn1. The van der Waals surface area contributed by atoms with Gasteiger partial charge in [0.2, 0.25) is 5.95 Å². The van der Waals surface area contributed by atoms with Crippen molar-refractivity contribution >= 4 is 11.9 Å². The lowest BCUT2D eigenvalue weighted by Gasteiger charge is -2.43. The van der Waals surface area contributed by atoms with Crippen LogP contribution >= 0.6 is 0 Å². The van der Waals surface area contributed by atoms with E-state index in [4.69, 9.17) is 0 Å². The maximum absolute atomic E-state index is 14.5. The van der Waals surface area contributed by atoms with Crippen LogP contribution < -0.4 is 5.32 Å². The highest BCUT2D eigenvalue weighted by molar-refractivity contribution is 5.98. The summed E-state index contributed by atoms with van der Waals surface area (Å²) < 4.78 is 81.8. The van der Waals surface area contributed by atoms with E-state index in [9.17, 15) is 31.1 Å². The zero-order chi connectivity index (χ0) is 26.3. The highest BCUT2D eigenvalue weighted by atomic mass is 19.4. The second-order valence-electron chi connectivity index (χ2n) is 8.50. The molecule has 2 atom stereocenters. The number of halogens is 6. The van der Waals surface area contributed by atoms with Gasteiger partial charge in [0.25, 0.3) is 11.8 Å². The Balaban J connectivity index is 1.60. The maximum Gasteiger partial charge on any atom is 0.419 e. The number of aromatic nitrogens is 6. The molecule has 15 heteroatoms. The van der Waals surface area contributed by atoms with Crippen molar-refractivity contribution in [2.45, 2.75) is 31.5 Å². The van der Waals surface area contributed by atoms with Gasteiger partial charge in [-0.1, -0.05) is 6.92 Å². The van der Waals surface area contributed by atoms with Crippen LogP contribution in [0.25, 0.3) is 11.4 Å². The number of carbonyl (C=O) groups excluding carboxylic acids is 1. The normalized spacial score (nSPS) is 19.8. The van der Waals surface area contributed by atoms with Gasteiger partial charge in [-0.15, -0.1) is 0 Å². The molecular formula is C21H20F6N8O. The molecule has 0 spiro atoms. The van der Waals surface area contributed by atoms with Crippen LogP contribution in [0.2, 0.25) is 0 Å². The molecule has 4 heterocycles. The van der Waals surface area contributed by atoms with Gasteiger partial charge in [-0.25, -0.2) is 33.1 Å². The molecule has 0 aliphatic carbocycles. The summed E-state index contributed by atoms with van der Waals surface area (Å²) in [6.07, 6.45) is -0.712. The molecule has 1 saturated heterocycles. The van der Waals surface area contributed by atoms with E-state index in [0.717, 1.165) is 17.3 Å². The van der Waals surface area contributed by atoms with Crippen molar-refractivity contribution in [2.75, 3.05) is 18.4 Å². The predicted octanol–water partition coefficient (Wildman–Crippen LogP) is 3.42. The van der Waals surface area contributed by atoms with E-state index in [1.165, 1.54) is 24.9 Å². The Labute approximate surface area is 200 Å². The summed E-state index contributed by atoms with van der Waals surface area (Å²) in [4.78, 5) is 29.4. The fraction of sp³-hybridized carbons (Fsp3) is 0.429. The van der Waals surface area contributed by atoms with Gasteiger partial charge in [0, 0.05) is 38.6 Å². The highest BCUT2D eigenvalue weighted by Gasteiger charge is 2.47. The van der Waals surface area contributed by atoms with Crippen LogP contribution in [0.1, 0.15) is 29.4 Å². The Morgan fingerprint density at radius 2 is 1.78 bits per heavy atom. The molecule has 3 aromatic rings. The molecule has 36 heavy (non-hydrogen) atoms. The average Bonchev–Trinajstić information content (AvgIpc) is 3.19. The van der Waals surface area contributed by atoms with E-state index < -0.39 is 54.3 Å². The number of alkyl halides is 5. The van der Waals surface area contributed by atoms with Crippen molar-refractivity contribution in [3.8, 4) is 11.4 Å². The molecule has 0 bridgehead atoms. The summed E-state index contributed by atoms with van der Waals surface area (Å²) >= 11 is 0. The van der Waals surface area contributed by atoms with Gasteiger partial charge >= 0.3 is 6.18 Å². The summed E-state index contributed by atoms with van der Waals surface area (Å²) in [5.74, 6) is -5.58. The van der Waals surface area contributed by atoms with Crippen LogP contribution in [-0.2, 0) is 13.2 Å². The fourth-order valence-corrected chi connectivity index (χ4v) is 4.04. The molecule has 1 fully saturated rings.